The minimum atomic E-state index is -0.472. The second kappa shape index (κ2) is 8.83. The number of amides is 3. The lowest BCUT2D eigenvalue weighted by Gasteiger charge is -2.09. The Kier molecular flexibility index (Phi) is 6.04. The van der Waals surface area contributed by atoms with Crippen molar-refractivity contribution >= 4 is 35.0 Å². The quantitative estimate of drug-likeness (QED) is 0.591. The number of hydrogen-bond acceptors (Lipinski definition) is 3. The van der Waals surface area contributed by atoms with Gasteiger partial charge in [0.15, 0.2) is 0 Å². The molecule has 3 rings (SSSR count). The molecule has 0 unspecified atom stereocenters. The van der Waals surface area contributed by atoms with Crippen molar-refractivity contribution in [2.45, 2.75) is 0 Å². The molecule has 140 valence electrons. The molecule has 0 radical (unpaired) electrons. The third-order valence-corrected chi connectivity index (χ3v) is 4.09. The number of benzene rings is 3. The van der Waals surface area contributed by atoms with Crippen molar-refractivity contribution in [3.05, 3.63) is 101 Å². The SMILES string of the molecule is O=C(NNC(=O)c1ccc(NC(=O)c2ccc(Cl)cc2)cc1)c1ccccc1. The van der Waals surface area contributed by atoms with Crippen LogP contribution >= 0.6 is 11.6 Å². The number of hydrogen-bond donors (Lipinski definition) is 3. The van der Waals surface area contributed by atoms with Crippen LogP contribution < -0.4 is 16.2 Å². The third-order valence-electron chi connectivity index (χ3n) is 3.84. The number of carbonyl (C=O) groups is 3. The van der Waals surface area contributed by atoms with E-state index < -0.39 is 11.8 Å². The molecular weight excluding hydrogens is 378 g/mol. The van der Waals surface area contributed by atoms with E-state index >= 15 is 0 Å². The van der Waals surface area contributed by atoms with E-state index in [1.165, 1.54) is 0 Å². The maximum Gasteiger partial charge on any atom is 0.269 e. The lowest BCUT2D eigenvalue weighted by molar-refractivity contribution is 0.0846. The van der Waals surface area contributed by atoms with Crippen LogP contribution in [0.25, 0.3) is 0 Å². The zero-order chi connectivity index (χ0) is 19.9. The van der Waals surface area contributed by atoms with Crippen molar-refractivity contribution in [2.24, 2.45) is 0 Å². The molecule has 0 heterocycles. The summed E-state index contributed by atoms with van der Waals surface area (Å²) in [5.74, 6) is -1.18. The van der Waals surface area contributed by atoms with Crippen LogP contribution in [-0.2, 0) is 0 Å². The summed E-state index contributed by atoms with van der Waals surface area (Å²) >= 11 is 5.81. The monoisotopic (exact) mass is 393 g/mol. The van der Waals surface area contributed by atoms with E-state index in [-0.39, 0.29) is 5.91 Å². The Morgan fingerprint density at radius 2 is 1.04 bits per heavy atom. The van der Waals surface area contributed by atoms with Gasteiger partial charge in [-0.3, -0.25) is 25.2 Å². The molecule has 3 amide bonds. The van der Waals surface area contributed by atoms with Gasteiger partial charge in [-0.1, -0.05) is 29.8 Å². The van der Waals surface area contributed by atoms with Crippen molar-refractivity contribution in [1.82, 2.24) is 10.9 Å². The highest BCUT2D eigenvalue weighted by atomic mass is 35.5. The van der Waals surface area contributed by atoms with Crippen molar-refractivity contribution in [3.63, 3.8) is 0 Å². The Balaban J connectivity index is 1.56. The Morgan fingerprint density at radius 3 is 1.61 bits per heavy atom. The maximum atomic E-state index is 12.2. The third kappa shape index (κ3) is 4.96. The minimum Gasteiger partial charge on any atom is -0.322 e. The first-order chi connectivity index (χ1) is 13.5. The Hall–Kier alpha value is -3.64. The molecule has 3 aromatic rings. The molecule has 6 nitrogen and oxygen atoms in total. The van der Waals surface area contributed by atoms with E-state index in [9.17, 15) is 14.4 Å². The lowest BCUT2D eigenvalue weighted by Crippen LogP contribution is -2.41. The molecular formula is C21H16ClN3O3. The van der Waals surface area contributed by atoms with Gasteiger partial charge in [0.1, 0.15) is 0 Å². The molecule has 0 atom stereocenters. The van der Waals surface area contributed by atoms with Crippen molar-refractivity contribution < 1.29 is 14.4 Å². The standard InChI is InChI=1S/C21H16ClN3O3/c22-17-10-6-15(7-11-17)19(26)23-18-12-8-16(9-13-18)21(28)25-24-20(27)14-4-2-1-3-5-14/h1-13H,(H,23,26)(H,24,27)(H,25,28). The summed E-state index contributed by atoms with van der Waals surface area (Å²) in [4.78, 5) is 36.2. The molecule has 0 aromatic heterocycles. The molecule has 0 aliphatic heterocycles. The second-order valence-corrected chi connectivity index (χ2v) is 6.25. The van der Waals surface area contributed by atoms with Gasteiger partial charge in [0.2, 0.25) is 0 Å². The van der Waals surface area contributed by atoms with Gasteiger partial charge >= 0.3 is 0 Å². The van der Waals surface area contributed by atoms with Crippen molar-refractivity contribution in [3.8, 4) is 0 Å². The fourth-order valence-corrected chi connectivity index (χ4v) is 2.48. The van der Waals surface area contributed by atoms with Gasteiger partial charge in [-0.25, -0.2) is 0 Å². The fourth-order valence-electron chi connectivity index (χ4n) is 2.36. The average molecular weight is 394 g/mol. The highest BCUT2D eigenvalue weighted by Gasteiger charge is 2.10. The van der Waals surface area contributed by atoms with Crippen LogP contribution in [0, 0.1) is 0 Å². The van der Waals surface area contributed by atoms with E-state index in [1.54, 1.807) is 78.9 Å². The summed E-state index contributed by atoms with van der Waals surface area (Å²) in [6, 6.07) is 21.3. The van der Waals surface area contributed by atoms with Gasteiger partial charge in [0, 0.05) is 27.4 Å². The normalized spacial score (nSPS) is 10.0. The number of carbonyl (C=O) groups excluding carboxylic acids is 3. The molecule has 0 aliphatic carbocycles. The number of hydrazine groups is 1. The number of anilines is 1. The predicted octanol–water partition coefficient (Wildman–Crippen LogP) is 3.67. The fraction of sp³-hybridized carbons (Fsp3) is 0. The topological polar surface area (TPSA) is 87.3 Å². The van der Waals surface area contributed by atoms with Crippen LogP contribution in [0.3, 0.4) is 0 Å². The Bertz CT molecular complexity index is 988. The maximum absolute atomic E-state index is 12.2. The van der Waals surface area contributed by atoms with E-state index in [0.717, 1.165) is 0 Å². The Morgan fingerprint density at radius 1 is 0.571 bits per heavy atom. The number of nitrogens with one attached hydrogen (secondary N) is 3. The first-order valence-electron chi connectivity index (χ1n) is 8.35. The molecule has 3 aromatic carbocycles. The van der Waals surface area contributed by atoms with Crippen LogP contribution in [0.1, 0.15) is 31.1 Å². The van der Waals surface area contributed by atoms with Crippen LogP contribution in [0.2, 0.25) is 5.02 Å². The summed E-state index contributed by atoms with van der Waals surface area (Å²) in [5, 5.41) is 3.28. The largest absolute Gasteiger partial charge is 0.322 e. The van der Waals surface area contributed by atoms with Gasteiger partial charge in [-0.2, -0.15) is 0 Å². The van der Waals surface area contributed by atoms with Crippen LogP contribution in [0.4, 0.5) is 5.69 Å². The van der Waals surface area contributed by atoms with E-state index in [2.05, 4.69) is 16.2 Å². The minimum absolute atomic E-state index is 0.288. The zero-order valence-electron chi connectivity index (χ0n) is 14.6. The van der Waals surface area contributed by atoms with Crippen LogP contribution in [0.15, 0.2) is 78.9 Å². The van der Waals surface area contributed by atoms with E-state index in [1.807, 2.05) is 0 Å². The van der Waals surface area contributed by atoms with Gasteiger partial charge in [-0.15, -0.1) is 0 Å². The van der Waals surface area contributed by atoms with Crippen LogP contribution in [0.5, 0.6) is 0 Å². The molecule has 3 N–H and O–H groups in total. The van der Waals surface area contributed by atoms with E-state index in [4.69, 9.17) is 11.6 Å². The first kappa shape index (κ1) is 19.1. The van der Waals surface area contributed by atoms with Gasteiger partial charge in [0.05, 0.1) is 0 Å². The van der Waals surface area contributed by atoms with Crippen molar-refractivity contribution in [1.29, 1.82) is 0 Å². The summed E-state index contributed by atoms with van der Waals surface area (Å²) in [7, 11) is 0. The smallest absolute Gasteiger partial charge is 0.269 e. The van der Waals surface area contributed by atoms with Gasteiger partial charge < -0.3 is 5.32 Å². The summed E-state index contributed by atoms with van der Waals surface area (Å²) in [6.45, 7) is 0. The highest BCUT2D eigenvalue weighted by Crippen LogP contribution is 2.13. The van der Waals surface area contributed by atoms with E-state index in [0.29, 0.717) is 27.4 Å². The summed E-state index contributed by atoms with van der Waals surface area (Å²) < 4.78 is 0. The number of rotatable bonds is 4. The average Bonchev–Trinajstić information content (AvgIpc) is 2.73. The molecule has 0 bridgehead atoms. The molecule has 0 saturated heterocycles. The van der Waals surface area contributed by atoms with Crippen LogP contribution in [-0.4, -0.2) is 17.7 Å². The summed E-state index contributed by atoms with van der Waals surface area (Å²) in [5.41, 5.74) is 6.47. The Labute approximate surface area is 166 Å². The molecule has 0 fully saturated rings. The molecule has 0 aliphatic rings. The predicted molar refractivity (Wildman–Crippen MR) is 107 cm³/mol. The first-order valence-corrected chi connectivity index (χ1v) is 8.73. The molecule has 28 heavy (non-hydrogen) atoms. The van der Waals surface area contributed by atoms with Crippen molar-refractivity contribution in [2.75, 3.05) is 5.32 Å². The van der Waals surface area contributed by atoms with Gasteiger partial charge in [-0.05, 0) is 60.7 Å². The second-order valence-electron chi connectivity index (χ2n) is 5.81. The molecule has 0 saturated carbocycles. The highest BCUT2D eigenvalue weighted by molar-refractivity contribution is 6.30. The zero-order valence-corrected chi connectivity index (χ0v) is 15.4. The summed E-state index contributed by atoms with van der Waals surface area (Å²) in [6.07, 6.45) is 0. The van der Waals surface area contributed by atoms with Gasteiger partial charge in [0.25, 0.3) is 17.7 Å². The number of halogens is 1. The lowest BCUT2D eigenvalue weighted by atomic mass is 10.1. The molecule has 0 spiro atoms. The molecule has 7 heteroatoms.